The monoisotopic (exact) mass is 349 g/mol. The summed E-state index contributed by atoms with van der Waals surface area (Å²) in [4.78, 5) is 17.7. The van der Waals surface area contributed by atoms with Crippen LogP contribution in [0.3, 0.4) is 0 Å². The van der Waals surface area contributed by atoms with Crippen LogP contribution in [0.5, 0.6) is 5.75 Å². The minimum absolute atomic E-state index is 0.0645. The van der Waals surface area contributed by atoms with E-state index in [4.69, 9.17) is 4.74 Å². The van der Waals surface area contributed by atoms with Gasteiger partial charge in [0.25, 0.3) is 5.91 Å². The molecule has 1 aromatic heterocycles. The molecule has 1 unspecified atom stereocenters. The van der Waals surface area contributed by atoms with Gasteiger partial charge in [-0.15, -0.1) is 11.3 Å². The Morgan fingerprint density at radius 1 is 1.42 bits per heavy atom. The fourth-order valence-electron chi connectivity index (χ4n) is 2.63. The van der Waals surface area contributed by atoms with Crippen molar-refractivity contribution in [2.45, 2.75) is 31.8 Å². The Morgan fingerprint density at radius 2 is 2.17 bits per heavy atom. The fourth-order valence-corrected chi connectivity index (χ4v) is 3.62. The molecule has 3 rings (SSSR count). The quantitative estimate of drug-likeness (QED) is 0.870. The van der Waals surface area contributed by atoms with Gasteiger partial charge < -0.3 is 10.1 Å². The highest BCUT2D eigenvalue weighted by atomic mass is 32.1. The van der Waals surface area contributed by atoms with Crippen LogP contribution in [0, 0.1) is 5.82 Å². The zero-order valence-corrected chi connectivity index (χ0v) is 14.2. The van der Waals surface area contributed by atoms with Crippen molar-refractivity contribution in [2.24, 2.45) is 0 Å². The summed E-state index contributed by atoms with van der Waals surface area (Å²) >= 11 is 1.49. The lowest BCUT2D eigenvalue weighted by molar-refractivity contribution is -0.122. The summed E-state index contributed by atoms with van der Waals surface area (Å²) in [6.45, 7) is 3.61. The summed E-state index contributed by atoms with van der Waals surface area (Å²) in [5.41, 5.74) is 0. The zero-order valence-electron chi connectivity index (χ0n) is 13.4. The summed E-state index contributed by atoms with van der Waals surface area (Å²) in [6, 6.07) is 6.03. The lowest BCUT2D eigenvalue weighted by atomic mass is 9.97. The van der Waals surface area contributed by atoms with E-state index in [1.54, 1.807) is 19.1 Å². The molecule has 2 heterocycles. The van der Waals surface area contributed by atoms with E-state index >= 15 is 0 Å². The maximum Gasteiger partial charge on any atom is 0.266 e. The Morgan fingerprint density at radius 3 is 2.92 bits per heavy atom. The fraction of sp³-hybridized carbons (Fsp3) is 0.412. The van der Waals surface area contributed by atoms with Gasteiger partial charge in [0, 0.05) is 11.1 Å². The Balaban J connectivity index is 1.58. The first-order chi connectivity index (χ1) is 11.6. The van der Waals surface area contributed by atoms with Crippen molar-refractivity contribution in [2.75, 3.05) is 18.4 Å². The van der Waals surface area contributed by atoms with Gasteiger partial charge in [-0.2, -0.15) is 0 Å². The van der Waals surface area contributed by atoms with Gasteiger partial charge in [0.15, 0.2) is 22.8 Å². The minimum Gasteiger partial charge on any atom is -0.478 e. The molecule has 0 aliphatic carbocycles. The van der Waals surface area contributed by atoms with E-state index in [-0.39, 0.29) is 11.7 Å². The highest BCUT2D eigenvalue weighted by Crippen LogP contribution is 2.31. The third kappa shape index (κ3) is 4.10. The van der Waals surface area contributed by atoms with Crippen LogP contribution in [0.25, 0.3) is 0 Å². The van der Waals surface area contributed by atoms with Crippen LogP contribution in [-0.2, 0) is 4.79 Å². The molecule has 24 heavy (non-hydrogen) atoms. The number of thiazole rings is 1. The molecule has 1 amide bonds. The van der Waals surface area contributed by atoms with Gasteiger partial charge in [-0.25, -0.2) is 9.37 Å². The first-order valence-electron chi connectivity index (χ1n) is 8.02. The number of rotatable bonds is 5. The molecule has 1 saturated heterocycles. The lowest BCUT2D eigenvalue weighted by Crippen LogP contribution is -2.30. The average Bonchev–Trinajstić information content (AvgIpc) is 3.06. The van der Waals surface area contributed by atoms with Gasteiger partial charge >= 0.3 is 0 Å². The van der Waals surface area contributed by atoms with E-state index in [9.17, 15) is 9.18 Å². The highest BCUT2D eigenvalue weighted by molar-refractivity contribution is 7.15. The smallest absolute Gasteiger partial charge is 0.266 e. The molecule has 0 bridgehead atoms. The van der Waals surface area contributed by atoms with Gasteiger partial charge in [0.2, 0.25) is 0 Å². The van der Waals surface area contributed by atoms with E-state index < -0.39 is 11.9 Å². The number of nitrogens with one attached hydrogen (secondary N) is 2. The van der Waals surface area contributed by atoms with Gasteiger partial charge in [-0.3, -0.25) is 10.1 Å². The molecule has 7 heteroatoms. The number of piperidine rings is 1. The van der Waals surface area contributed by atoms with E-state index in [0.717, 1.165) is 25.9 Å². The van der Waals surface area contributed by atoms with Crippen LogP contribution in [0.15, 0.2) is 30.5 Å². The Labute approximate surface area is 144 Å². The number of para-hydroxylation sites is 1. The third-order valence-corrected chi connectivity index (χ3v) is 5.08. The summed E-state index contributed by atoms with van der Waals surface area (Å²) < 4.78 is 19.0. The molecule has 0 radical (unpaired) electrons. The van der Waals surface area contributed by atoms with E-state index in [0.29, 0.717) is 11.0 Å². The first-order valence-corrected chi connectivity index (χ1v) is 8.83. The Kier molecular flexibility index (Phi) is 5.42. The normalized spacial score (nSPS) is 16.6. The summed E-state index contributed by atoms with van der Waals surface area (Å²) in [5.74, 6) is -0.264. The average molecular weight is 349 g/mol. The summed E-state index contributed by atoms with van der Waals surface area (Å²) in [7, 11) is 0. The molecule has 1 aliphatic heterocycles. The minimum atomic E-state index is -0.812. The molecule has 0 spiro atoms. The summed E-state index contributed by atoms with van der Waals surface area (Å²) in [5, 5.41) is 6.63. The van der Waals surface area contributed by atoms with Gasteiger partial charge in [0.1, 0.15) is 0 Å². The topological polar surface area (TPSA) is 63.2 Å². The number of amides is 1. The van der Waals surface area contributed by atoms with E-state index in [1.165, 1.54) is 28.3 Å². The Hall–Kier alpha value is -1.99. The number of hydrogen-bond acceptors (Lipinski definition) is 5. The number of carbonyl (C=O) groups is 1. The van der Waals surface area contributed by atoms with Crippen LogP contribution in [-0.4, -0.2) is 30.1 Å². The van der Waals surface area contributed by atoms with Gasteiger partial charge in [-0.1, -0.05) is 12.1 Å². The molecule has 2 N–H and O–H groups in total. The first kappa shape index (κ1) is 16.9. The van der Waals surface area contributed by atoms with E-state index in [1.807, 2.05) is 6.20 Å². The molecular formula is C17H20FN3O2S. The molecule has 1 aromatic carbocycles. The molecule has 1 fully saturated rings. The molecular weight excluding hydrogens is 329 g/mol. The standard InChI is InChI=1S/C17H20FN3O2S/c1-11(23-14-5-3-2-4-13(14)18)16(22)21-17-20-10-15(24-17)12-6-8-19-9-7-12/h2-5,10-12,19H,6-9H2,1H3,(H,20,21,22). The van der Waals surface area contributed by atoms with Crippen LogP contribution in [0.2, 0.25) is 0 Å². The van der Waals surface area contributed by atoms with Crippen LogP contribution >= 0.6 is 11.3 Å². The number of aromatic nitrogens is 1. The van der Waals surface area contributed by atoms with Crippen molar-refractivity contribution in [3.8, 4) is 5.75 Å². The maximum absolute atomic E-state index is 13.6. The molecule has 0 saturated carbocycles. The predicted molar refractivity (Wildman–Crippen MR) is 92.1 cm³/mol. The molecule has 128 valence electrons. The number of ether oxygens (including phenoxy) is 1. The van der Waals surface area contributed by atoms with E-state index in [2.05, 4.69) is 15.6 Å². The molecule has 5 nitrogen and oxygen atoms in total. The van der Waals surface area contributed by atoms with Crippen molar-refractivity contribution in [1.82, 2.24) is 10.3 Å². The second kappa shape index (κ2) is 7.72. The summed E-state index contributed by atoms with van der Waals surface area (Å²) in [6.07, 6.45) is 3.19. The largest absolute Gasteiger partial charge is 0.478 e. The number of carbonyl (C=O) groups excluding carboxylic acids is 1. The number of halogens is 1. The van der Waals surface area contributed by atoms with Crippen LogP contribution in [0.1, 0.15) is 30.6 Å². The molecule has 2 aromatic rings. The van der Waals surface area contributed by atoms with Crippen molar-refractivity contribution < 1.29 is 13.9 Å². The van der Waals surface area contributed by atoms with Crippen molar-refractivity contribution >= 4 is 22.4 Å². The third-order valence-electron chi connectivity index (χ3n) is 4.00. The number of nitrogens with zero attached hydrogens (tertiary/aromatic N) is 1. The van der Waals surface area contributed by atoms with Gasteiger partial charge in [0.05, 0.1) is 0 Å². The SMILES string of the molecule is CC(Oc1ccccc1F)C(=O)Nc1ncc(C2CCNCC2)s1. The maximum atomic E-state index is 13.6. The number of anilines is 1. The predicted octanol–water partition coefficient (Wildman–Crippen LogP) is 3.16. The van der Waals surface area contributed by atoms with Crippen molar-refractivity contribution in [3.63, 3.8) is 0 Å². The molecule has 1 aliphatic rings. The van der Waals surface area contributed by atoms with Crippen LogP contribution in [0.4, 0.5) is 9.52 Å². The van der Waals surface area contributed by atoms with Crippen molar-refractivity contribution in [1.29, 1.82) is 0 Å². The Bertz CT molecular complexity index is 701. The van der Waals surface area contributed by atoms with Crippen LogP contribution < -0.4 is 15.4 Å². The zero-order chi connectivity index (χ0) is 16.9. The highest BCUT2D eigenvalue weighted by Gasteiger charge is 2.21. The van der Waals surface area contributed by atoms with Crippen molar-refractivity contribution in [3.05, 3.63) is 41.2 Å². The lowest BCUT2D eigenvalue weighted by Gasteiger charge is -2.20. The molecule has 1 atom stereocenters. The van der Waals surface area contributed by atoms with Gasteiger partial charge in [-0.05, 0) is 50.9 Å². The second-order valence-electron chi connectivity index (χ2n) is 5.77. The number of benzene rings is 1. The number of hydrogen-bond donors (Lipinski definition) is 2. The second-order valence-corrected chi connectivity index (χ2v) is 6.83.